The van der Waals surface area contributed by atoms with E-state index in [0.717, 1.165) is 18.5 Å². The van der Waals surface area contributed by atoms with E-state index < -0.39 is 0 Å². The Hall–Kier alpha value is -0.860. The highest BCUT2D eigenvalue weighted by molar-refractivity contribution is 6.31. The molecule has 0 heterocycles. The van der Waals surface area contributed by atoms with E-state index in [1.807, 2.05) is 0 Å². The normalized spacial score (nSPS) is 20.9. The number of benzene rings is 1. The minimum Gasteiger partial charge on any atom is -0.310 e. The van der Waals surface area contributed by atoms with Crippen molar-refractivity contribution in [2.45, 2.75) is 32.2 Å². The van der Waals surface area contributed by atoms with Gasteiger partial charge in [0.2, 0.25) is 0 Å². The number of hydrogen-bond acceptors (Lipinski definition) is 1. The molecule has 0 saturated carbocycles. The third-order valence-corrected chi connectivity index (χ3v) is 3.85. The molecule has 0 spiro atoms. The number of hydrogen-bond donors (Lipinski definition) is 1. The Morgan fingerprint density at radius 3 is 2.94 bits per heavy atom. The highest BCUT2D eigenvalue weighted by atomic mass is 35.5. The van der Waals surface area contributed by atoms with Gasteiger partial charge in [-0.15, -0.1) is 0 Å². The fraction of sp³-hybridized carbons (Fsp3) is 0.467. The van der Waals surface area contributed by atoms with Crippen molar-refractivity contribution in [3.63, 3.8) is 0 Å². The van der Waals surface area contributed by atoms with Gasteiger partial charge in [0.05, 0.1) is 0 Å². The summed E-state index contributed by atoms with van der Waals surface area (Å²) in [5.41, 5.74) is 0.962. The first kappa shape index (κ1) is 13.6. The summed E-state index contributed by atoms with van der Waals surface area (Å²) in [7, 11) is 0. The van der Waals surface area contributed by atoms with Gasteiger partial charge in [-0.1, -0.05) is 29.8 Å². The fourth-order valence-corrected chi connectivity index (χ4v) is 2.68. The van der Waals surface area contributed by atoms with E-state index in [2.05, 4.69) is 24.4 Å². The van der Waals surface area contributed by atoms with Crippen LogP contribution in [0.3, 0.4) is 0 Å². The summed E-state index contributed by atoms with van der Waals surface area (Å²) in [5.74, 6) is 0.421. The van der Waals surface area contributed by atoms with Crippen LogP contribution in [0.25, 0.3) is 0 Å². The van der Waals surface area contributed by atoms with Gasteiger partial charge in [0.25, 0.3) is 0 Å². The van der Waals surface area contributed by atoms with Gasteiger partial charge in [-0.05, 0) is 56.3 Å². The smallest absolute Gasteiger partial charge is 0.124 e. The molecule has 3 heteroatoms. The summed E-state index contributed by atoms with van der Waals surface area (Å²) in [5, 5.41) is 3.99. The lowest BCUT2D eigenvalue weighted by atomic mass is 9.94. The zero-order chi connectivity index (χ0) is 13.0. The second-order valence-corrected chi connectivity index (χ2v) is 5.35. The lowest BCUT2D eigenvalue weighted by Crippen LogP contribution is -2.26. The van der Waals surface area contributed by atoms with E-state index in [-0.39, 0.29) is 11.9 Å². The van der Waals surface area contributed by atoms with Crippen molar-refractivity contribution >= 4 is 11.6 Å². The van der Waals surface area contributed by atoms with E-state index in [1.54, 1.807) is 6.07 Å². The zero-order valence-electron chi connectivity index (χ0n) is 10.6. The molecule has 98 valence electrons. The summed E-state index contributed by atoms with van der Waals surface area (Å²) in [6.07, 6.45) is 8.07. The number of allylic oxidation sites excluding steroid dienone is 2. The standard InChI is InChI=1S/C15H19ClFN/c1-11(14-8-7-13(17)9-15(14)16)18-10-12-5-3-2-4-6-12/h2-3,7-9,11-12,18H,4-6,10H2,1H3. The van der Waals surface area contributed by atoms with Crippen molar-refractivity contribution in [3.05, 3.63) is 46.8 Å². The van der Waals surface area contributed by atoms with Crippen molar-refractivity contribution in [2.75, 3.05) is 6.54 Å². The Kier molecular flexibility index (Phi) is 4.79. The van der Waals surface area contributed by atoms with E-state index in [1.165, 1.54) is 25.0 Å². The topological polar surface area (TPSA) is 12.0 Å². The molecule has 1 aliphatic rings. The molecule has 1 nitrogen and oxygen atoms in total. The summed E-state index contributed by atoms with van der Waals surface area (Å²) in [6, 6.07) is 4.75. The molecule has 0 radical (unpaired) electrons. The molecule has 0 bridgehead atoms. The third kappa shape index (κ3) is 3.56. The quantitative estimate of drug-likeness (QED) is 0.793. The number of rotatable bonds is 4. The molecule has 2 rings (SSSR count). The SMILES string of the molecule is CC(NCC1CC=CCC1)c1ccc(F)cc1Cl. The molecule has 2 unspecified atom stereocenters. The first-order chi connectivity index (χ1) is 8.66. The van der Waals surface area contributed by atoms with E-state index in [4.69, 9.17) is 11.6 Å². The molecule has 18 heavy (non-hydrogen) atoms. The molecule has 1 N–H and O–H groups in total. The molecule has 0 aromatic heterocycles. The minimum atomic E-state index is -0.284. The monoisotopic (exact) mass is 267 g/mol. The molecule has 0 saturated heterocycles. The van der Waals surface area contributed by atoms with Crippen molar-refractivity contribution in [2.24, 2.45) is 5.92 Å². The molecule has 1 aromatic carbocycles. The van der Waals surface area contributed by atoms with Gasteiger partial charge >= 0.3 is 0 Å². The highest BCUT2D eigenvalue weighted by Crippen LogP contribution is 2.24. The van der Waals surface area contributed by atoms with Crippen molar-refractivity contribution in [1.29, 1.82) is 0 Å². The lowest BCUT2D eigenvalue weighted by molar-refractivity contribution is 0.415. The molecular formula is C15H19ClFN. The predicted molar refractivity (Wildman–Crippen MR) is 74.3 cm³/mol. The van der Waals surface area contributed by atoms with Crippen molar-refractivity contribution < 1.29 is 4.39 Å². The Bertz CT molecular complexity index is 431. The van der Waals surface area contributed by atoms with Gasteiger partial charge in [-0.3, -0.25) is 0 Å². The Balaban J connectivity index is 1.90. The van der Waals surface area contributed by atoms with E-state index in [9.17, 15) is 4.39 Å². The van der Waals surface area contributed by atoms with Crippen LogP contribution in [0.15, 0.2) is 30.4 Å². The lowest BCUT2D eigenvalue weighted by Gasteiger charge is -2.22. The molecule has 2 atom stereocenters. The van der Waals surface area contributed by atoms with Gasteiger partial charge in [0, 0.05) is 11.1 Å². The summed E-state index contributed by atoms with van der Waals surface area (Å²) < 4.78 is 13.0. The molecular weight excluding hydrogens is 249 g/mol. The van der Waals surface area contributed by atoms with Crippen LogP contribution in [0.2, 0.25) is 5.02 Å². The molecule has 1 aromatic rings. The molecule has 0 aliphatic heterocycles. The van der Waals surface area contributed by atoms with Gasteiger partial charge < -0.3 is 5.32 Å². The maximum absolute atomic E-state index is 13.0. The fourth-order valence-electron chi connectivity index (χ4n) is 2.35. The third-order valence-electron chi connectivity index (χ3n) is 3.52. The Labute approximate surface area is 113 Å². The van der Waals surface area contributed by atoms with Gasteiger partial charge in [0.15, 0.2) is 0 Å². The van der Waals surface area contributed by atoms with Crippen molar-refractivity contribution in [1.82, 2.24) is 5.32 Å². The second-order valence-electron chi connectivity index (χ2n) is 4.95. The average molecular weight is 268 g/mol. The van der Waals surface area contributed by atoms with Crippen LogP contribution in [0.1, 0.15) is 37.8 Å². The molecule has 0 fully saturated rings. The Morgan fingerprint density at radius 1 is 1.44 bits per heavy atom. The van der Waals surface area contributed by atoms with Gasteiger partial charge in [-0.2, -0.15) is 0 Å². The van der Waals surface area contributed by atoms with Crippen LogP contribution in [0.5, 0.6) is 0 Å². The summed E-state index contributed by atoms with van der Waals surface area (Å²) >= 11 is 6.05. The second kappa shape index (κ2) is 6.35. The predicted octanol–water partition coefficient (Wildman–Crippen LogP) is 4.49. The molecule has 0 amide bonds. The van der Waals surface area contributed by atoms with Crippen LogP contribution in [0.4, 0.5) is 4.39 Å². The minimum absolute atomic E-state index is 0.156. The van der Waals surface area contributed by atoms with Gasteiger partial charge in [0.1, 0.15) is 5.82 Å². The number of nitrogens with one attached hydrogen (secondary N) is 1. The van der Waals surface area contributed by atoms with Crippen LogP contribution < -0.4 is 5.32 Å². The van der Waals surface area contributed by atoms with E-state index in [0.29, 0.717) is 10.9 Å². The summed E-state index contributed by atoms with van der Waals surface area (Å²) in [6.45, 7) is 3.05. The van der Waals surface area contributed by atoms with Crippen LogP contribution in [0, 0.1) is 11.7 Å². The first-order valence-corrected chi connectivity index (χ1v) is 6.88. The summed E-state index contributed by atoms with van der Waals surface area (Å²) in [4.78, 5) is 0. The van der Waals surface area contributed by atoms with Crippen LogP contribution >= 0.6 is 11.6 Å². The molecule has 1 aliphatic carbocycles. The zero-order valence-corrected chi connectivity index (χ0v) is 11.4. The average Bonchev–Trinajstić information content (AvgIpc) is 2.37. The first-order valence-electron chi connectivity index (χ1n) is 6.50. The van der Waals surface area contributed by atoms with E-state index >= 15 is 0 Å². The number of halogens is 2. The Morgan fingerprint density at radius 2 is 2.28 bits per heavy atom. The maximum atomic E-state index is 13.0. The maximum Gasteiger partial charge on any atom is 0.124 e. The van der Waals surface area contributed by atoms with Crippen molar-refractivity contribution in [3.8, 4) is 0 Å². The highest BCUT2D eigenvalue weighted by Gasteiger charge is 2.14. The largest absolute Gasteiger partial charge is 0.310 e. The van der Waals surface area contributed by atoms with Crippen LogP contribution in [-0.2, 0) is 0 Å². The van der Waals surface area contributed by atoms with Gasteiger partial charge in [-0.25, -0.2) is 4.39 Å². The van der Waals surface area contributed by atoms with Crippen LogP contribution in [-0.4, -0.2) is 6.54 Å².